The van der Waals surface area contributed by atoms with Crippen molar-refractivity contribution in [3.8, 4) is 0 Å². The van der Waals surface area contributed by atoms with Gasteiger partial charge in [-0.05, 0) is 6.42 Å². The van der Waals surface area contributed by atoms with Crippen LogP contribution in [0.3, 0.4) is 0 Å². The monoisotopic (exact) mass is 258 g/mol. The van der Waals surface area contributed by atoms with Crippen LogP contribution in [-0.4, -0.2) is 39.9 Å². The SMILES string of the molecule is CCCCC[C@H](O)/C=C/[C@H]1OC(O)C[C@H](O)C1C. The Morgan fingerprint density at radius 1 is 1.33 bits per heavy atom. The first kappa shape index (κ1) is 15.6. The lowest BCUT2D eigenvalue weighted by atomic mass is 9.92. The van der Waals surface area contributed by atoms with Crippen molar-refractivity contribution in [3.63, 3.8) is 0 Å². The van der Waals surface area contributed by atoms with Gasteiger partial charge in [-0.25, -0.2) is 0 Å². The van der Waals surface area contributed by atoms with Gasteiger partial charge in [0, 0.05) is 12.3 Å². The highest BCUT2D eigenvalue weighted by molar-refractivity contribution is 4.99. The van der Waals surface area contributed by atoms with Crippen LogP contribution < -0.4 is 0 Å². The summed E-state index contributed by atoms with van der Waals surface area (Å²) in [5, 5.41) is 28.9. The normalized spacial score (nSPS) is 34.9. The van der Waals surface area contributed by atoms with Gasteiger partial charge in [0.1, 0.15) is 0 Å². The summed E-state index contributed by atoms with van der Waals surface area (Å²) in [6, 6.07) is 0. The minimum atomic E-state index is -0.914. The zero-order valence-electron chi connectivity index (χ0n) is 11.3. The second-order valence-corrected chi connectivity index (χ2v) is 5.17. The molecule has 2 unspecified atom stereocenters. The minimum Gasteiger partial charge on any atom is -0.393 e. The third-order valence-corrected chi connectivity index (χ3v) is 3.51. The van der Waals surface area contributed by atoms with E-state index in [1.54, 1.807) is 12.2 Å². The summed E-state index contributed by atoms with van der Waals surface area (Å²) in [6.07, 6.45) is 5.47. The molecule has 5 atom stereocenters. The Balaban J connectivity index is 2.39. The van der Waals surface area contributed by atoms with Crippen molar-refractivity contribution >= 4 is 0 Å². The molecule has 0 aromatic heterocycles. The van der Waals surface area contributed by atoms with Gasteiger partial charge in [0.15, 0.2) is 6.29 Å². The van der Waals surface area contributed by atoms with Crippen LogP contribution in [0.2, 0.25) is 0 Å². The van der Waals surface area contributed by atoms with Crippen LogP contribution in [0.1, 0.15) is 46.0 Å². The maximum atomic E-state index is 9.76. The molecule has 1 aliphatic heterocycles. The van der Waals surface area contributed by atoms with Crippen LogP contribution in [0, 0.1) is 5.92 Å². The molecule has 4 nitrogen and oxygen atoms in total. The first-order valence-corrected chi connectivity index (χ1v) is 6.92. The molecule has 18 heavy (non-hydrogen) atoms. The van der Waals surface area contributed by atoms with Crippen LogP contribution in [0.15, 0.2) is 12.2 Å². The van der Waals surface area contributed by atoms with Gasteiger partial charge in [-0.1, -0.05) is 45.3 Å². The van der Waals surface area contributed by atoms with E-state index in [1.807, 2.05) is 6.92 Å². The first-order chi connectivity index (χ1) is 8.54. The number of aliphatic hydroxyl groups excluding tert-OH is 3. The number of unbranched alkanes of at least 4 members (excludes halogenated alkanes) is 2. The van der Waals surface area contributed by atoms with Gasteiger partial charge in [-0.15, -0.1) is 0 Å². The van der Waals surface area contributed by atoms with Gasteiger partial charge in [0.25, 0.3) is 0 Å². The molecule has 1 saturated heterocycles. The van der Waals surface area contributed by atoms with Gasteiger partial charge in [0.05, 0.1) is 18.3 Å². The van der Waals surface area contributed by atoms with Crippen molar-refractivity contribution in [1.82, 2.24) is 0 Å². The Morgan fingerprint density at radius 3 is 2.72 bits per heavy atom. The highest BCUT2D eigenvalue weighted by atomic mass is 16.6. The molecule has 1 aliphatic rings. The fraction of sp³-hybridized carbons (Fsp3) is 0.857. The molecule has 3 N–H and O–H groups in total. The smallest absolute Gasteiger partial charge is 0.157 e. The Bertz CT molecular complexity index is 254. The summed E-state index contributed by atoms with van der Waals surface area (Å²) in [4.78, 5) is 0. The number of aliphatic hydroxyl groups is 3. The Morgan fingerprint density at radius 2 is 2.06 bits per heavy atom. The van der Waals surface area contributed by atoms with Crippen molar-refractivity contribution in [2.45, 2.75) is 70.6 Å². The summed E-state index contributed by atoms with van der Waals surface area (Å²) in [6.45, 7) is 4.01. The lowest BCUT2D eigenvalue weighted by Gasteiger charge is -2.34. The van der Waals surface area contributed by atoms with Crippen LogP contribution >= 0.6 is 0 Å². The molecule has 106 valence electrons. The number of hydrogen-bond donors (Lipinski definition) is 3. The third-order valence-electron chi connectivity index (χ3n) is 3.51. The quantitative estimate of drug-likeness (QED) is 0.500. The molecule has 0 radical (unpaired) electrons. The number of ether oxygens (including phenoxy) is 1. The maximum absolute atomic E-state index is 9.76. The topological polar surface area (TPSA) is 69.9 Å². The van der Waals surface area contributed by atoms with Crippen LogP contribution in [0.4, 0.5) is 0 Å². The molecule has 1 heterocycles. The van der Waals surface area contributed by atoms with E-state index >= 15 is 0 Å². The van der Waals surface area contributed by atoms with E-state index in [1.165, 1.54) is 0 Å². The molecular weight excluding hydrogens is 232 g/mol. The standard InChI is InChI=1S/C14H26O4/c1-3-4-5-6-11(15)7-8-13-10(2)12(16)9-14(17)18-13/h7-8,10-17H,3-6,9H2,1-2H3/b8-7+/t10?,11-,12-,13+,14?/m0/s1. The van der Waals surface area contributed by atoms with Crippen LogP contribution in [-0.2, 0) is 4.74 Å². The van der Waals surface area contributed by atoms with Crippen molar-refractivity contribution in [2.24, 2.45) is 5.92 Å². The maximum Gasteiger partial charge on any atom is 0.157 e. The lowest BCUT2D eigenvalue weighted by Crippen LogP contribution is -2.41. The molecule has 1 rings (SSSR count). The van der Waals surface area contributed by atoms with Gasteiger partial charge in [-0.3, -0.25) is 0 Å². The second-order valence-electron chi connectivity index (χ2n) is 5.17. The predicted octanol–water partition coefficient (Wildman–Crippen LogP) is 1.59. The van der Waals surface area contributed by atoms with Gasteiger partial charge < -0.3 is 20.1 Å². The van der Waals surface area contributed by atoms with E-state index in [4.69, 9.17) is 4.74 Å². The molecule has 0 bridgehead atoms. The Hall–Kier alpha value is -0.420. The molecule has 4 heteroatoms. The first-order valence-electron chi connectivity index (χ1n) is 6.92. The van der Waals surface area contributed by atoms with Crippen molar-refractivity contribution in [1.29, 1.82) is 0 Å². The Labute approximate surface area is 109 Å². The lowest BCUT2D eigenvalue weighted by molar-refractivity contribution is -0.197. The molecule has 0 aliphatic carbocycles. The zero-order valence-corrected chi connectivity index (χ0v) is 11.3. The third kappa shape index (κ3) is 5.06. The molecule has 1 fully saturated rings. The second kappa shape index (κ2) is 7.89. The average molecular weight is 258 g/mol. The van der Waals surface area contributed by atoms with Gasteiger partial charge in [-0.2, -0.15) is 0 Å². The summed E-state index contributed by atoms with van der Waals surface area (Å²) < 4.78 is 5.34. The molecule has 0 amide bonds. The molecular formula is C14H26O4. The molecule has 0 aromatic rings. The van der Waals surface area contributed by atoms with Crippen molar-refractivity contribution in [3.05, 3.63) is 12.2 Å². The van der Waals surface area contributed by atoms with Gasteiger partial charge >= 0.3 is 0 Å². The van der Waals surface area contributed by atoms with E-state index in [0.717, 1.165) is 25.7 Å². The van der Waals surface area contributed by atoms with Crippen molar-refractivity contribution < 1.29 is 20.1 Å². The fourth-order valence-electron chi connectivity index (χ4n) is 2.16. The Kier molecular flexibility index (Phi) is 6.86. The van der Waals surface area contributed by atoms with Gasteiger partial charge in [0.2, 0.25) is 0 Å². The number of rotatable bonds is 6. The summed E-state index contributed by atoms with van der Waals surface area (Å²) >= 11 is 0. The van der Waals surface area contributed by atoms with E-state index < -0.39 is 18.5 Å². The highest BCUT2D eigenvalue weighted by Gasteiger charge is 2.32. The summed E-state index contributed by atoms with van der Waals surface area (Å²) in [5.74, 6) is -0.0625. The largest absolute Gasteiger partial charge is 0.393 e. The van der Waals surface area contributed by atoms with E-state index in [9.17, 15) is 15.3 Å². The zero-order chi connectivity index (χ0) is 13.5. The van der Waals surface area contributed by atoms with E-state index in [-0.39, 0.29) is 18.4 Å². The number of hydrogen-bond acceptors (Lipinski definition) is 4. The average Bonchev–Trinajstić information content (AvgIpc) is 2.32. The van der Waals surface area contributed by atoms with Crippen LogP contribution in [0.25, 0.3) is 0 Å². The molecule has 0 aromatic carbocycles. The molecule has 0 spiro atoms. The fourth-order valence-corrected chi connectivity index (χ4v) is 2.16. The highest BCUT2D eigenvalue weighted by Crippen LogP contribution is 2.25. The van der Waals surface area contributed by atoms with Crippen molar-refractivity contribution in [2.75, 3.05) is 0 Å². The van der Waals surface area contributed by atoms with E-state index in [2.05, 4.69) is 6.92 Å². The van der Waals surface area contributed by atoms with E-state index in [0.29, 0.717) is 0 Å². The molecule has 0 saturated carbocycles. The minimum absolute atomic E-state index is 0.0625. The summed E-state index contributed by atoms with van der Waals surface area (Å²) in [7, 11) is 0. The predicted molar refractivity (Wildman–Crippen MR) is 70.0 cm³/mol. The summed E-state index contributed by atoms with van der Waals surface area (Å²) in [5.41, 5.74) is 0. The van der Waals surface area contributed by atoms with Crippen LogP contribution in [0.5, 0.6) is 0 Å².